The van der Waals surface area contributed by atoms with E-state index in [4.69, 9.17) is 9.47 Å². The number of ether oxygens (including phenoxy) is 2. The molecule has 17 heavy (non-hydrogen) atoms. The molecule has 5 heteroatoms. The van der Waals surface area contributed by atoms with Crippen LogP contribution in [0.5, 0.6) is 5.75 Å². The number of nitrogens with zero attached hydrogens (tertiary/aromatic N) is 2. The molecule has 1 atom stereocenters. The van der Waals surface area contributed by atoms with Crippen molar-refractivity contribution in [2.45, 2.75) is 26.3 Å². The molecule has 98 valence electrons. The normalized spacial score (nSPS) is 12.7. The molecule has 0 aromatic carbocycles. The van der Waals surface area contributed by atoms with Gasteiger partial charge in [-0.1, -0.05) is 13.8 Å². The van der Waals surface area contributed by atoms with Crippen LogP contribution >= 0.6 is 0 Å². The van der Waals surface area contributed by atoms with Gasteiger partial charge in [0.15, 0.2) is 5.75 Å². The van der Waals surface area contributed by atoms with Gasteiger partial charge in [-0.05, 0) is 13.0 Å². The van der Waals surface area contributed by atoms with E-state index in [9.17, 15) is 0 Å². The van der Waals surface area contributed by atoms with E-state index in [1.165, 1.54) is 0 Å². The number of methoxy groups -OCH3 is 1. The van der Waals surface area contributed by atoms with Crippen LogP contribution in [0.25, 0.3) is 0 Å². The van der Waals surface area contributed by atoms with Crippen LogP contribution in [0.15, 0.2) is 6.20 Å². The fraction of sp³-hybridized carbons (Fsp3) is 0.750. The summed E-state index contributed by atoms with van der Waals surface area (Å²) in [6.45, 7) is 6.48. The van der Waals surface area contributed by atoms with Gasteiger partial charge in [0.1, 0.15) is 0 Å². The van der Waals surface area contributed by atoms with E-state index in [-0.39, 0.29) is 6.04 Å². The van der Waals surface area contributed by atoms with Crippen molar-refractivity contribution < 1.29 is 9.47 Å². The Labute approximate surface area is 103 Å². The van der Waals surface area contributed by atoms with Crippen molar-refractivity contribution in [1.29, 1.82) is 0 Å². The lowest BCUT2D eigenvalue weighted by atomic mass is 10.2. The van der Waals surface area contributed by atoms with Crippen molar-refractivity contribution >= 4 is 0 Å². The lowest BCUT2D eigenvalue weighted by Crippen LogP contribution is -2.28. The Bertz CT molecular complexity index is 326. The average Bonchev–Trinajstić information content (AvgIpc) is 2.69. The highest BCUT2D eigenvalue weighted by atomic mass is 16.5. The van der Waals surface area contributed by atoms with E-state index in [0.717, 1.165) is 31.0 Å². The summed E-state index contributed by atoms with van der Waals surface area (Å²) >= 11 is 0. The first-order valence-corrected chi connectivity index (χ1v) is 6.11. The first kappa shape index (κ1) is 14.0. The fourth-order valence-electron chi connectivity index (χ4n) is 1.81. The second-order valence-electron chi connectivity index (χ2n) is 3.91. The van der Waals surface area contributed by atoms with E-state index >= 15 is 0 Å². The minimum absolute atomic E-state index is 0.119. The predicted octanol–water partition coefficient (Wildman–Crippen LogP) is 1.51. The molecule has 0 fully saturated rings. The highest BCUT2D eigenvalue weighted by Gasteiger charge is 2.19. The van der Waals surface area contributed by atoms with Crippen LogP contribution in [-0.4, -0.2) is 36.6 Å². The number of aryl methyl sites for hydroxylation is 1. The van der Waals surface area contributed by atoms with E-state index in [1.54, 1.807) is 13.3 Å². The topological polar surface area (TPSA) is 48.3 Å². The molecular weight excluding hydrogens is 218 g/mol. The SMILES string of the molecule is CCCOCC(NCC)c1c(OC)cnn1C. The maximum Gasteiger partial charge on any atom is 0.161 e. The number of likely N-dealkylation sites (N-methyl/N-ethyl adjacent to an activating group) is 1. The van der Waals surface area contributed by atoms with E-state index in [1.807, 2.05) is 11.7 Å². The number of rotatable bonds is 8. The quantitative estimate of drug-likeness (QED) is 0.701. The summed E-state index contributed by atoms with van der Waals surface area (Å²) in [6, 6.07) is 0.119. The molecule has 1 unspecified atom stereocenters. The third-order valence-corrected chi connectivity index (χ3v) is 2.58. The molecule has 0 bridgehead atoms. The molecule has 5 nitrogen and oxygen atoms in total. The summed E-state index contributed by atoms with van der Waals surface area (Å²) in [4.78, 5) is 0. The van der Waals surface area contributed by atoms with Crippen molar-refractivity contribution in [2.24, 2.45) is 7.05 Å². The molecular formula is C12H23N3O2. The largest absolute Gasteiger partial charge is 0.493 e. The van der Waals surface area contributed by atoms with Gasteiger partial charge in [0, 0.05) is 13.7 Å². The van der Waals surface area contributed by atoms with Gasteiger partial charge in [0.2, 0.25) is 0 Å². The highest BCUT2D eigenvalue weighted by molar-refractivity contribution is 5.28. The Morgan fingerprint density at radius 3 is 2.82 bits per heavy atom. The molecule has 0 amide bonds. The van der Waals surface area contributed by atoms with Gasteiger partial charge in [0.25, 0.3) is 0 Å². The fourth-order valence-corrected chi connectivity index (χ4v) is 1.81. The molecule has 0 aliphatic heterocycles. The molecule has 1 aromatic rings. The lowest BCUT2D eigenvalue weighted by Gasteiger charge is -2.19. The van der Waals surface area contributed by atoms with Gasteiger partial charge in [-0.3, -0.25) is 4.68 Å². The van der Waals surface area contributed by atoms with E-state index in [0.29, 0.717) is 6.61 Å². The first-order valence-electron chi connectivity index (χ1n) is 6.11. The Balaban J connectivity index is 2.76. The molecule has 1 rings (SSSR count). The molecule has 1 heterocycles. The van der Waals surface area contributed by atoms with Gasteiger partial charge in [-0.2, -0.15) is 5.10 Å². The zero-order valence-electron chi connectivity index (χ0n) is 11.2. The van der Waals surface area contributed by atoms with E-state index < -0.39 is 0 Å². The summed E-state index contributed by atoms with van der Waals surface area (Å²) in [5, 5.41) is 7.61. The Morgan fingerprint density at radius 1 is 1.47 bits per heavy atom. The second kappa shape index (κ2) is 7.29. The van der Waals surface area contributed by atoms with Gasteiger partial charge in [-0.15, -0.1) is 0 Å². The van der Waals surface area contributed by atoms with Crippen molar-refractivity contribution in [3.63, 3.8) is 0 Å². The molecule has 1 aromatic heterocycles. The number of aromatic nitrogens is 2. The lowest BCUT2D eigenvalue weighted by molar-refractivity contribution is 0.109. The van der Waals surface area contributed by atoms with Crippen LogP contribution in [-0.2, 0) is 11.8 Å². The van der Waals surface area contributed by atoms with Crippen LogP contribution in [0, 0.1) is 0 Å². The standard InChI is InChI=1S/C12H23N3O2/c1-5-7-17-9-10(13-6-2)12-11(16-4)8-14-15(12)3/h8,10,13H,5-7,9H2,1-4H3. The van der Waals surface area contributed by atoms with Crippen molar-refractivity contribution in [3.05, 3.63) is 11.9 Å². The number of hydrogen-bond donors (Lipinski definition) is 1. The smallest absolute Gasteiger partial charge is 0.161 e. The summed E-state index contributed by atoms with van der Waals surface area (Å²) in [5.74, 6) is 0.804. The minimum Gasteiger partial charge on any atom is -0.493 e. The summed E-state index contributed by atoms with van der Waals surface area (Å²) in [7, 11) is 3.58. The van der Waals surface area contributed by atoms with Gasteiger partial charge < -0.3 is 14.8 Å². The summed E-state index contributed by atoms with van der Waals surface area (Å²) < 4.78 is 12.8. The Kier molecular flexibility index (Phi) is 6.00. The number of hydrogen-bond acceptors (Lipinski definition) is 4. The molecule has 0 saturated carbocycles. The molecule has 0 spiro atoms. The Hall–Kier alpha value is -1.07. The van der Waals surface area contributed by atoms with Gasteiger partial charge in [-0.25, -0.2) is 0 Å². The van der Waals surface area contributed by atoms with Crippen LogP contribution < -0.4 is 10.1 Å². The van der Waals surface area contributed by atoms with Gasteiger partial charge >= 0.3 is 0 Å². The third-order valence-electron chi connectivity index (χ3n) is 2.58. The molecule has 0 aliphatic rings. The van der Waals surface area contributed by atoms with Crippen LogP contribution in [0.4, 0.5) is 0 Å². The van der Waals surface area contributed by atoms with Gasteiger partial charge in [0.05, 0.1) is 31.6 Å². The molecule has 1 N–H and O–H groups in total. The average molecular weight is 241 g/mol. The minimum atomic E-state index is 0.119. The van der Waals surface area contributed by atoms with Crippen molar-refractivity contribution in [3.8, 4) is 5.75 Å². The molecule has 0 aliphatic carbocycles. The van der Waals surface area contributed by atoms with Crippen LogP contribution in [0.1, 0.15) is 32.0 Å². The van der Waals surface area contributed by atoms with Crippen molar-refractivity contribution in [1.82, 2.24) is 15.1 Å². The maximum absolute atomic E-state index is 5.62. The van der Waals surface area contributed by atoms with E-state index in [2.05, 4.69) is 24.3 Å². The third kappa shape index (κ3) is 3.71. The maximum atomic E-state index is 5.62. The summed E-state index contributed by atoms with van der Waals surface area (Å²) in [5.41, 5.74) is 1.03. The summed E-state index contributed by atoms with van der Waals surface area (Å²) in [6.07, 6.45) is 2.76. The highest BCUT2D eigenvalue weighted by Crippen LogP contribution is 2.24. The van der Waals surface area contributed by atoms with Crippen LogP contribution in [0.3, 0.4) is 0 Å². The zero-order valence-corrected chi connectivity index (χ0v) is 11.2. The Morgan fingerprint density at radius 2 is 2.24 bits per heavy atom. The number of nitrogens with one attached hydrogen (secondary N) is 1. The van der Waals surface area contributed by atoms with Crippen LogP contribution in [0.2, 0.25) is 0 Å². The molecule has 0 radical (unpaired) electrons. The predicted molar refractivity (Wildman–Crippen MR) is 67.3 cm³/mol. The zero-order chi connectivity index (χ0) is 12.7. The van der Waals surface area contributed by atoms with Crippen molar-refractivity contribution in [2.75, 3.05) is 26.9 Å². The first-order chi connectivity index (χ1) is 8.24. The molecule has 0 saturated heterocycles. The second-order valence-corrected chi connectivity index (χ2v) is 3.91. The monoisotopic (exact) mass is 241 g/mol.